The van der Waals surface area contributed by atoms with Gasteiger partial charge in [-0.1, -0.05) is 11.6 Å². The van der Waals surface area contributed by atoms with Gasteiger partial charge in [-0.3, -0.25) is 4.79 Å². The Morgan fingerprint density at radius 2 is 2.11 bits per heavy atom. The van der Waals surface area contributed by atoms with E-state index in [0.29, 0.717) is 12.1 Å². The van der Waals surface area contributed by atoms with Crippen LogP contribution in [0, 0.1) is 5.82 Å². The Bertz CT molecular complexity index is 714. The molecule has 4 nitrogen and oxygen atoms in total. The van der Waals surface area contributed by atoms with E-state index in [1.165, 1.54) is 16.8 Å². The van der Waals surface area contributed by atoms with Crippen molar-refractivity contribution in [1.82, 2.24) is 4.57 Å². The number of nitrogens with zero attached hydrogens (tertiary/aromatic N) is 1. The molecule has 0 aliphatic rings. The monoisotopic (exact) mass is 291 g/mol. The molecule has 1 heterocycles. The quantitative estimate of drug-likeness (QED) is 0.612. The number of pyridine rings is 1. The molecule has 0 saturated carbocycles. The van der Waals surface area contributed by atoms with E-state index in [-0.39, 0.29) is 40.0 Å². The number of fused-ring (bicyclic) bond motifs is 1. The molecule has 0 bridgehead atoms. The van der Waals surface area contributed by atoms with Gasteiger partial charge in [0.2, 0.25) is 0 Å². The molecular weight excluding hydrogens is 284 g/mol. The van der Waals surface area contributed by atoms with E-state index < -0.39 is 22.8 Å². The van der Waals surface area contributed by atoms with Gasteiger partial charge >= 0.3 is 29.6 Å². The largest absolute Gasteiger partial charge is 1.00 e. The molecular formula is C12H8ClFNNaO3. The fraction of sp³-hybridized carbons (Fsp3) is 0.167. The van der Waals surface area contributed by atoms with Crippen LogP contribution in [0.25, 0.3) is 10.9 Å². The maximum atomic E-state index is 13.4. The molecule has 19 heavy (non-hydrogen) atoms. The van der Waals surface area contributed by atoms with Crippen LogP contribution in [0.15, 0.2) is 23.1 Å². The zero-order valence-electron chi connectivity index (χ0n) is 10.4. The first kappa shape index (κ1) is 16.2. The first-order chi connectivity index (χ1) is 8.45. The Hall–Kier alpha value is -0.880. The summed E-state index contributed by atoms with van der Waals surface area (Å²) >= 11 is 5.65. The summed E-state index contributed by atoms with van der Waals surface area (Å²) < 4.78 is 14.9. The first-order valence-electron chi connectivity index (χ1n) is 5.19. The Balaban J connectivity index is 0.00000180. The van der Waals surface area contributed by atoms with Crippen LogP contribution in [0.3, 0.4) is 0 Å². The van der Waals surface area contributed by atoms with Crippen molar-refractivity contribution in [2.75, 3.05) is 0 Å². The van der Waals surface area contributed by atoms with Crippen molar-refractivity contribution < 1.29 is 43.8 Å². The molecule has 94 valence electrons. The molecule has 0 spiro atoms. The van der Waals surface area contributed by atoms with Crippen molar-refractivity contribution in [2.45, 2.75) is 13.5 Å². The molecule has 2 aromatic rings. The predicted molar refractivity (Wildman–Crippen MR) is 63.2 cm³/mol. The third-order valence-corrected chi connectivity index (χ3v) is 2.97. The molecule has 0 radical (unpaired) electrons. The minimum Gasteiger partial charge on any atom is -0.545 e. The van der Waals surface area contributed by atoms with Crippen molar-refractivity contribution in [3.8, 4) is 0 Å². The van der Waals surface area contributed by atoms with E-state index in [2.05, 4.69) is 0 Å². The number of carbonyl (C=O) groups is 1. The maximum absolute atomic E-state index is 13.4. The molecule has 7 heteroatoms. The average molecular weight is 292 g/mol. The van der Waals surface area contributed by atoms with Gasteiger partial charge in [0.15, 0.2) is 5.43 Å². The average Bonchev–Trinajstić information content (AvgIpc) is 2.32. The number of benzene rings is 1. The number of carboxylic acids is 1. The number of aromatic nitrogens is 1. The molecule has 0 saturated heterocycles. The second-order valence-corrected chi connectivity index (χ2v) is 4.14. The van der Waals surface area contributed by atoms with E-state index in [9.17, 15) is 19.1 Å². The molecule has 0 aliphatic heterocycles. The maximum Gasteiger partial charge on any atom is 1.00 e. The van der Waals surface area contributed by atoms with E-state index >= 15 is 0 Å². The molecule has 1 aromatic carbocycles. The van der Waals surface area contributed by atoms with Crippen molar-refractivity contribution in [3.05, 3.63) is 45.0 Å². The van der Waals surface area contributed by atoms with Crippen molar-refractivity contribution in [1.29, 1.82) is 0 Å². The molecule has 0 aliphatic carbocycles. The topological polar surface area (TPSA) is 62.1 Å². The summed E-state index contributed by atoms with van der Waals surface area (Å²) in [5.41, 5.74) is -0.879. The number of carbonyl (C=O) groups excluding carboxylic acids is 1. The molecule has 2 rings (SSSR count). The third kappa shape index (κ3) is 2.84. The number of aromatic carboxylic acids is 1. The number of rotatable bonds is 2. The normalized spacial score (nSPS) is 10.3. The summed E-state index contributed by atoms with van der Waals surface area (Å²) in [4.78, 5) is 22.7. The Labute approximate surface area is 135 Å². The van der Waals surface area contributed by atoms with Crippen LogP contribution in [0.1, 0.15) is 17.3 Å². The van der Waals surface area contributed by atoms with E-state index in [1.54, 1.807) is 6.92 Å². The minimum atomic E-state index is -1.58. The van der Waals surface area contributed by atoms with Gasteiger partial charge in [-0.05, 0) is 19.1 Å². The van der Waals surface area contributed by atoms with E-state index in [4.69, 9.17) is 11.6 Å². The standard InChI is InChI=1S/C12H9ClFNO3.Na/c1-2-15-5-7(12(17)18)11(16)6-3-9(14)8(13)4-10(6)15;/h3-5H,2H2,1H3,(H,17,18);/q;+1/p-1. The van der Waals surface area contributed by atoms with E-state index in [0.717, 1.165) is 6.07 Å². The van der Waals surface area contributed by atoms with Crippen LogP contribution < -0.4 is 40.1 Å². The summed E-state index contributed by atoms with van der Waals surface area (Å²) in [6, 6.07) is 2.24. The van der Waals surface area contributed by atoms with Gasteiger partial charge in [0.25, 0.3) is 0 Å². The van der Waals surface area contributed by atoms with E-state index in [1.807, 2.05) is 0 Å². The molecule has 0 unspecified atom stereocenters. The van der Waals surface area contributed by atoms with Gasteiger partial charge in [0, 0.05) is 18.1 Å². The van der Waals surface area contributed by atoms with Gasteiger partial charge in [-0.15, -0.1) is 0 Å². The summed E-state index contributed by atoms with van der Waals surface area (Å²) in [6.45, 7) is 2.18. The SMILES string of the molecule is CCn1cc(C(=O)[O-])c(=O)c2cc(F)c(Cl)cc21.[Na+]. The second-order valence-electron chi connectivity index (χ2n) is 3.73. The zero-order chi connectivity index (χ0) is 13.4. The van der Waals surface area contributed by atoms with Gasteiger partial charge in [-0.25, -0.2) is 4.39 Å². The summed E-state index contributed by atoms with van der Waals surface area (Å²) in [7, 11) is 0. The van der Waals surface area contributed by atoms with Crippen LogP contribution in [-0.4, -0.2) is 10.5 Å². The smallest absolute Gasteiger partial charge is 0.545 e. The summed E-state index contributed by atoms with van der Waals surface area (Å²) in [5, 5.41) is 10.7. The Kier molecular flexibility index (Phi) is 5.15. The van der Waals surface area contributed by atoms with Gasteiger partial charge in [-0.2, -0.15) is 0 Å². The number of hydrogen-bond acceptors (Lipinski definition) is 3. The predicted octanol–water partition coefficient (Wildman–Crippen LogP) is -1.82. The van der Waals surface area contributed by atoms with Crippen LogP contribution in [0.5, 0.6) is 0 Å². The molecule has 0 N–H and O–H groups in total. The van der Waals surface area contributed by atoms with Crippen LogP contribution >= 0.6 is 11.6 Å². The van der Waals surface area contributed by atoms with Crippen molar-refractivity contribution >= 4 is 28.5 Å². The third-order valence-electron chi connectivity index (χ3n) is 2.68. The Morgan fingerprint density at radius 1 is 1.47 bits per heavy atom. The summed E-state index contributed by atoms with van der Waals surface area (Å²) in [6.07, 6.45) is 1.17. The minimum absolute atomic E-state index is 0. The molecule has 0 atom stereocenters. The molecule has 0 amide bonds. The number of halogens is 2. The number of carboxylic acid groups (broad SMARTS) is 1. The fourth-order valence-corrected chi connectivity index (χ4v) is 1.95. The Morgan fingerprint density at radius 3 is 2.63 bits per heavy atom. The molecule has 1 aromatic heterocycles. The second kappa shape index (κ2) is 6.05. The van der Waals surface area contributed by atoms with Crippen LogP contribution in [0.4, 0.5) is 4.39 Å². The van der Waals surface area contributed by atoms with Gasteiger partial charge in [0.1, 0.15) is 5.82 Å². The van der Waals surface area contributed by atoms with Crippen molar-refractivity contribution in [3.63, 3.8) is 0 Å². The van der Waals surface area contributed by atoms with Gasteiger partial charge in [0.05, 0.1) is 22.1 Å². The van der Waals surface area contributed by atoms with Gasteiger partial charge < -0.3 is 14.5 Å². The fourth-order valence-electron chi connectivity index (χ4n) is 1.79. The molecule has 0 fully saturated rings. The van der Waals surface area contributed by atoms with Crippen LogP contribution in [-0.2, 0) is 6.54 Å². The number of hydrogen-bond donors (Lipinski definition) is 0. The van der Waals surface area contributed by atoms with Crippen LogP contribution in [0.2, 0.25) is 5.02 Å². The van der Waals surface area contributed by atoms with Crippen molar-refractivity contribution in [2.24, 2.45) is 0 Å². The summed E-state index contributed by atoms with van der Waals surface area (Å²) in [5.74, 6) is -2.35. The zero-order valence-corrected chi connectivity index (χ0v) is 13.1. The number of aryl methyl sites for hydroxylation is 1. The first-order valence-corrected chi connectivity index (χ1v) is 5.57.